The fraction of sp³-hybridized carbons (Fsp3) is 0.750. The molecule has 0 aromatic heterocycles. The van der Waals surface area contributed by atoms with E-state index in [1.807, 2.05) is 0 Å². The van der Waals surface area contributed by atoms with Gasteiger partial charge < -0.3 is 5.73 Å². The molecule has 2 N–H and O–H groups in total. The van der Waals surface area contributed by atoms with Crippen LogP contribution in [-0.2, 0) is 4.79 Å². The highest BCUT2D eigenvalue weighted by Crippen LogP contribution is 2.42. The van der Waals surface area contributed by atoms with Crippen molar-refractivity contribution in [2.24, 2.45) is 5.73 Å². The van der Waals surface area contributed by atoms with Crippen molar-refractivity contribution in [3.05, 3.63) is 11.6 Å². The lowest BCUT2D eigenvalue weighted by molar-refractivity contribution is -0.123. The Kier molecular flexibility index (Phi) is 3.51. The molecule has 1 fully saturated rings. The summed E-state index contributed by atoms with van der Waals surface area (Å²) >= 11 is 0. The molecular formula is C12H17F3N2O. The van der Waals surface area contributed by atoms with Crippen LogP contribution in [0, 0.1) is 0 Å². The molecule has 1 unspecified atom stereocenters. The molecule has 3 nitrogen and oxygen atoms in total. The van der Waals surface area contributed by atoms with Crippen molar-refractivity contribution >= 4 is 6.29 Å². The van der Waals surface area contributed by atoms with Gasteiger partial charge in [-0.15, -0.1) is 0 Å². The SMILES string of the molecule is NC1CCN(C2(F)CC(C=O)=CC(F)(F)C2)CC1. The minimum absolute atomic E-state index is 0.00929. The zero-order valence-corrected chi connectivity index (χ0v) is 10.0. The number of halogens is 3. The number of rotatable bonds is 2. The molecule has 0 radical (unpaired) electrons. The van der Waals surface area contributed by atoms with Gasteiger partial charge >= 0.3 is 0 Å². The van der Waals surface area contributed by atoms with Crippen molar-refractivity contribution < 1.29 is 18.0 Å². The van der Waals surface area contributed by atoms with Gasteiger partial charge in [-0.3, -0.25) is 9.69 Å². The molecule has 2 rings (SSSR count). The summed E-state index contributed by atoms with van der Waals surface area (Å²) in [5, 5.41) is 0. The number of hydrogen-bond donors (Lipinski definition) is 1. The van der Waals surface area contributed by atoms with E-state index in [1.165, 1.54) is 4.90 Å². The number of likely N-dealkylation sites (tertiary alicyclic amines) is 1. The molecule has 1 saturated heterocycles. The number of aldehydes is 1. The van der Waals surface area contributed by atoms with Gasteiger partial charge in [-0.25, -0.2) is 13.2 Å². The van der Waals surface area contributed by atoms with Crippen molar-refractivity contribution in [2.45, 2.75) is 43.4 Å². The third-order valence-electron chi connectivity index (χ3n) is 3.64. The highest BCUT2D eigenvalue weighted by molar-refractivity contribution is 5.74. The topological polar surface area (TPSA) is 46.3 Å². The molecule has 102 valence electrons. The molecular weight excluding hydrogens is 245 g/mol. The smallest absolute Gasteiger partial charge is 0.271 e. The van der Waals surface area contributed by atoms with Gasteiger partial charge in [-0.2, -0.15) is 0 Å². The average molecular weight is 262 g/mol. The van der Waals surface area contributed by atoms with E-state index in [-0.39, 0.29) is 18.0 Å². The Morgan fingerprint density at radius 3 is 2.50 bits per heavy atom. The van der Waals surface area contributed by atoms with Crippen LogP contribution in [0.5, 0.6) is 0 Å². The summed E-state index contributed by atoms with van der Waals surface area (Å²) in [5.41, 5.74) is 5.55. The molecule has 0 aromatic rings. The van der Waals surface area contributed by atoms with Gasteiger partial charge in [0, 0.05) is 25.6 Å². The summed E-state index contributed by atoms with van der Waals surface area (Å²) in [6.07, 6.45) is 0.938. The second-order valence-corrected chi connectivity index (χ2v) is 5.19. The summed E-state index contributed by atoms with van der Waals surface area (Å²) in [4.78, 5) is 12.1. The van der Waals surface area contributed by atoms with Crippen molar-refractivity contribution in [1.29, 1.82) is 0 Å². The number of carbonyl (C=O) groups is 1. The summed E-state index contributed by atoms with van der Waals surface area (Å²) < 4.78 is 41.6. The molecule has 0 amide bonds. The highest BCUT2D eigenvalue weighted by atomic mass is 19.3. The van der Waals surface area contributed by atoms with E-state index in [9.17, 15) is 18.0 Å². The van der Waals surface area contributed by atoms with Gasteiger partial charge in [0.15, 0.2) is 5.79 Å². The monoisotopic (exact) mass is 262 g/mol. The van der Waals surface area contributed by atoms with Crippen LogP contribution in [0.25, 0.3) is 0 Å². The van der Waals surface area contributed by atoms with Gasteiger partial charge in [0.25, 0.3) is 5.92 Å². The first-order valence-electron chi connectivity index (χ1n) is 6.09. The maximum Gasteiger partial charge on any atom is 0.271 e. The third kappa shape index (κ3) is 2.75. The van der Waals surface area contributed by atoms with Crippen molar-refractivity contribution in [3.63, 3.8) is 0 Å². The Morgan fingerprint density at radius 2 is 1.94 bits per heavy atom. The number of piperidine rings is 1. The Bertz CT molecular complexity index is 364. The van der Waals surface area contributed by atoms with Gasteiger partial charge in [0.2, 0.25) is 0 Å². The quantitative estimate of drug-likeness (QED) is 0.607. The van der Waals surface area contributed by atoms with E-state index in [0.717, 1.165) is 0 Å². The molecule has 0 bridgehead atoms. The third-order valence-corrected chi connectivity index (χ3v) is 3.64. The van der Waals surface area contributed by atoms with Crippen molar-refractivity contribution in [1.82, 2.24) is 4.90 Å². The fourth-order valence-electron chi connectivity index (χ4n) is 2.71. The first-order valence-corrected chi connectivity index (χ1v) is 6.09. The van der Waals surface area contributed by atoms with Gasteiger partial charge in [0.05, 0.1) is 6.42 Å². The Morgan fingerprint density at radius 1 is 1.33 bits per heavy atom. The lowest BCUT2D eigenvalue weighted by Gasteiger charge is -2.44. The Balaban J connectivity index is 2.16. The van der Waals surface area contributed by atoms with E-state index >= 15 is 0 Å². The predicted octanol–water partition coefficient (Wildman–Crippen LogP) is 1.63. The second-order valence-electron chi connectivity index (χ2n) is 5.19. The Hall–Kier alpha value is -0.880. The molecule has 2 aliphatic rings. The van der Waals surface area contributed by atoms with Crippen molar-refractivity contribution in [2.75, 3.05) is 13.1 Å². The first kappa shape index (κ1) is 13.5. The van der Waals surface area contributed by atoms with Crippen LogP contribution in [0.2, 0.25) is 0 Å². The van der Waals surface area contributed by atoms with Gasteiger partial charge in [-0.05, 0) is 24.5 Å². The zero-order valence-electron chi connectivity index (χ0n) is 10.0. The predicted molar refractivity (Wildman–Crippen MR) is 60.9 cm³/mol. The van der Waals surface area contributed by atoms with Gasteiger partial charge in [0.1, 0.15) is 6.29 Å². The molecule has 0 aromatic carbocycles. The Labute approximate surface area is 104 Å². The molecule has 1 heterocycles. The normalized spacial score (nSPS) is 34.1. The summed E-state index contributed by atoms with van der Waals surface area (Å²) in [7, 11) is 0. The van der Waals surface area contributed by atoms with Crippen LogP contribution in [0.15, 0.2) is 11.6 Å². The number of carbonyl (C=O) groups excluding carboxylic acids is 1. The number of nitrogens with zero attached hydrogens (tertiary/aromatic N) is 1. The van der Waals surface area contributed by atoms with Crippen LogP contribution in [-0.4, -0.2) is 42.0 Å². The molecule has 1 atom stereocenters. The average Bonchev–Trinajstić information content (AvgIpc) is 2.27. The zero-order chi connectivity index (χ0) is 13.4. The van der Waals surface area contributed by atoms with Crippen LogP contribution in [0.4, 0.5) is 13.2 Å². The van der Waals surface area contributed by atoms with E-state index in [4.69, 9.17) is 5.73 Å². The highest BCUT2D eigenvalue weighted by Gasteiger charge is 2.49. The number of nitrogens with two attached hydrogens (primary N) is 1. The first-order chi connectivity index (χ1) is 8.35. The van der Waals surface area contributed by atoms with Crippen LogP contribution in [0.3, 0.4) is 0 Å². The van der Waals surface area contributed by atoms with E-state index in [2.05, 4.69) is 0 Å². The number of allylic oxidation sites excluding steroid dienone is 1. The second kappa shape index (κ2) is 4.66. The standard InChI is InChI=1S/C12H17F3N2O/c13-11(14)5-9(7-18)6-12(15,8-11)17-3-1-10(16)2-4-17/h5,7,10H,1-4,6,8,16H2. The molecule has 18 heavy (non-hydrogen) atoms. The fourth-order valence-corrected chi connectivity index (χ4v) is 2.71. The molecule has 1 aliphatic carbocycles. The number of hydrogen-bond acceptors (Lipinski definition) is 3. The summed E-state index contributed by atoms with van der Waals surface area (Å²) in [6, 6.07) is 0.00929. The lowest BCUT2D eigenvalue weighted by Crippen LogP contribution is -2.54. The molecule has 0 spiro atoms. The maximum atomic E-state index is 14.7. The molecule has 1 aliphatic heterocycles. The molecule has 6 heteroatoms. The van der Waals surface area contributed by atoms with Crippen LogP contribution >= 0.6 is 0 Å². The maximum absolute atomic E-state index is 14.7. The minimum Gasteiger partial charge on any atom is -0.328 e. The summed E-state index contributed by atoms with van der Waals surface area (Å²) in [6.45, 7) is 0.722. The van der Waals surface area contributed by atoms with Gasteiger partial charge in [-0.1, -0.05) is 0 Å². The lowest BCUT2D eigenvalue weighted by atomic mass is 9.87. The largest absolute Gasteiger partial charge is 0.328 e. The number of alkyl halides is 3. The molecule has 0 saturated carbocycles. The minimum atomic E-state index is -3.26. The van der Waals surface area contributed by atoms with Crippen LogP contribution < -0.4 is 5.73 Å². The van der Waals surface area contributed by atoms with Crippen molar-refractivity contribution in [3.8, 4) is 0 Å². The van der Waals surface area contributed by atoms with E-state index in [1.54, 1.807) is 0 Å². The van der Waals surface area contributed by atoms with E-state index in [0.29, 0.717) is 38.3 Å². The summed E-state index contributed by atoms with van der Waals surface area (Å²) in [5.74, 6) is -5.39. The van der Waals surface area contributed by atoms with Crippen LogP contribution in [0.1, 0.15) is 25.7 Å². The van der Waals surface area contributed by atoms with E-state index < -0.39 is 18.1 Å².